The van der Waals surface area contributed by atoms with E-state index in [-0.39, 0.29) is 11.5 Å². The molecule has 0 radical (unpaired) electrons. The van der Waals surface area contributed by atoms with E-state index in [0.29, 0.717) is 11.4 Å². The fourth-order valence-corrected chi connectivity index (χ4v) is 2.51. The van der Waals surface area contributed by atoms with Crippen LogP contribution in [0.5, 0.6) is 17.2 Å². The molecule has 0 aliphatic rings. The van der Waals surface area contributed by atoms with Gasteiger partial charge in [-0.05, 0) is 24.3 Å². The fourth-order valence-electron chi connectivity index (χ4n) is 2.51. The zero-order valence-corrected chi connectivity index (χ0v) is 15.0. The van der Waals surface area contributed by atoms with Crippen LogP contribution in [0.25, 0.3) is 16.9 Å². The third-order valence-corrected chi connectivity index (χ3v) is 3.57. The maximum atomic E-state index is 11.3. The monoisotopic (exact) mass is 367 g/mol. The minimum atomic E-state index is -0.491. The summed E-state index contributed by atoms with van der Waals surface area (Å²) < 4.78 is 17.0. The van der Waals surface area contributed by atoms with Gasteiger partial charge in [-0.2, -0.15) is 0 Å². The molecule has 0 saturated carbocycles. The molecule has 0 bridgehead atoms. The maximum Gasteiger partial charge on any atom is 0.308 e. The van der Waals surface area contributed by atoms with Gasteiger partial charge in [0.15, 0.2) is 0 Å². The van der Waals surface area contributed by atoms with Crippen molar-refractivity contribution in [1.29, 1.82) is 0 Å². The standard InChI is InChI=1S/C19H17N3O5/c1-12(23)26-17-8-15(9-18(10-17)27-13(2)24)22-19(11-20-21-22)14-4-6-16(25-3)7-5-14/h4-11H,1-3H3. The minimum absolute atomic E-state index is 0.229. The van der Waals surface area contributed by atoms with E-state index in [1.807, 2.05) is 24.3 Å². The van der Waals surface area contributed by atoms with Crippen molar-refractivity contribution in [3.05, 3.63) is 48.7 Å². The van der Waals surface area contributed by atoms with Gasteiger partial charge in [0.25, 0.3) is 0 Å². The van der Waals surface area contributed by atoms with Gasteiger partial charge in [-0.3, -0.25) is 9.59 Å². The summed E-state index contributed by atoms with van der Waals surface area (Å²) in [6, 6.07) is 12.1. The van der Waals surface area contributed by atoms with E-state index in [1.54, 1.807) is 30.1 Å². The zero-order valence-electron chi connectivity index (χ0n) is 15.0. The first-order chi connectivity index (χ1) is 13.0. The van der Waals surface area contributed by atoms with Crippen LogP contribution < -0.4 is 14.2 Å². The van der Waals surface area contributed by atoms with Gasteiger partial charge in [0.2, 0.25) is 0 Å². The van der Waals surface area contributed by atoms with Crippen molar-refractivity contribution in [2.24, 2.45) is 0 Å². The Balaban J connectivity index is 2.06. The molecule has 0 atom stereocenters. The Morgan fingerprint density at radius 2 is 1.48 bits per heavy atom. The first kappa shape index (κ1) is 18.1. The van der Waals surface area contributed by atoms with E-state index in [0.717, 1.165) is 11.3 Å². The van der Waals surface area contributed by atoms with Crippen LogP contribution >= 0.6 is 0 Å². The van der Waals surface area contributed by atoms with E-state index >= 15 is 0 Å². The first-order valence-corrected chi connectivity index (χ1v) is 8.03. The summed E-state index contributed by atoms with van der Waals surface area (Å²) in [5.41, 5.74) is 2.08. The van der Waals surface area contributed by atoms with Gasteiger partial charge in [0, 0.05) is 37.6 Å². The molecule has 1 aromatic heterocycles. The second-order valence-electron chi connectivity index (χ2n) is 5.61. The molecule has 0 N–H and O–H groups in total. The Kier molecular flexibility index (Phi) is 5.16. The molecule has 0 aliphatic heterocycles. The summed E-state index contributed by atoms with van der Waals surface area (Å²) in [5.74, 6) is 0.205. The number of ether oxygens (including phenoxy) is 3. The quantitative estimate of drug-likeness (QED) is 0.506. The Bertz CT molecular complexity index is 945. The highest BCUT2D eigenvalue weighted by Crippen LogP contribution is 2.29. The van der Waals surface area contributed by atoms with Gasteiger partial charge >= 0.3 is 11.9 Å². The van der Waals surface area contributed by atoms with Gasteiger partial charge in [-0.1, -0.05) is 5.21 Å². The Hall–Kier alpha value is -3.68. The van der Waals surface area contributed by atoms with Crippen LogP contribution in [0, 0.1) is 0 Å². The molecule has 0 unspecified atom stereocenters. The number of methoxy groups -OCH3 is 1. The summed E-state index contributed by atoms with van der Waals surface area (Å²) in [4.78, 5) is 22.6. The molecule has 3 rings (SSSR count). The van der Waals surface area contributed by atoms with Crippen molar-refractivity contribution in [1.82, 2.24) is 15.0 Å². The molecule has 8 heteroatoms. The van der Waals surface area contributed by atoms with E-state index in [4.69, 9.17) is 14.2 Å². The van der Waals surface area contributed by atoms with Crippen molar-refractivity contribution in [2.45, 2.75) is 13.8 Å². The highest BCUT2D eigenvalue weighted by molar-refractivity contribution is 5.72. The summed E-state index contributed by atoms with van der Waals surface area (Å²) >= 11 is 0. The number of benzene rings is 2. The van der Waals surface area contributed by atoms with Crippen LogP contribution in [-0.4, -0.2) is 34.0 Å². The van der Waals surface area contributed by atoms with Gasteiger partial charge in [0.05, 0.1) is 24.7 Å². The number of hydrogen-bond donors (Lipinski definition) is 0. The summed E-state index contributed by atoms with van der Waals surface area (Å²) in [6.45, 7) is 2.58. The number of hydrogen-bond acceptors (Lipinski definition) is 7. The highest BCUT2D eigenvalue weighted by Gasteiger charge is 2.13. The average Bonchev–Trinajstić information content (AvgIpc) is 3.10. The number of carbonyl (C=O) groups excluding carboxylic acids is 2. The molecule has 0 aliphatic carbocycles. The molecule has 3 aromatic rings. The van der Waals surface area contributed by atoms with Crippen LogP contribution in [0.1, 0.15) is 13.8 Å². The largest absolute Gasteiger partial charge is 0.497 e. The van der Waals surface area contributed by atoms with Crippen LogP contribution in [0.2, 0.25) is 0 Å². The zero-order chi connectivity index (χ0) is 19.4. The molecular weight excluding hydrogens is 350 g/mol. The van der Waals surface area contributed by atoms with Crippen LogP contribution in [0.4, 0.5) is 0 Å². The normalized spacial score (nSPS) is 10.3. The van der Waals surface area contributed by atoms with Crippen molar-refractivity contribution in [3.8, 4) is 34.2 Å². The molecule has 138 valence electrons. The third kappa shape index (κ3) is 4.30. The number of esters is 2. The molecule has 0 spiro atoms. The van der Waals surface area contributed by atoms with Crippen molar-refractivity contribution in [3.63, 3.8) is 0 Å². The summed E-state index contributed by atoms with van der Waals surface area (Å²) in [7, 11) is 1.60. The molecule has 0 saturated heterocycles. The maximum absolute atomic E-state index is 11.3. The van der Waals surface area contributed by atoms with E-state index in [2.05, 4.69) is 10.3 Å². The highest BCUT2D eigenvalue weighted by atomic mass is 16.5. The predicted octanol–water partition coefficient (Wildman–Crippen LogP) is 2.79. The third-order valence-electron chi connectivity index (χ3n) is 3.57. The molecule has 0 amide bonds. The predicted molar refractivity (Wildman–Crippen MR) is 96.0 cm³/mol. The lowest BCUT2D eigenvalue weighted by molar-refractivity contribution is -0.132. The smallest absolute Gasteiger partial charge is 0.308 e. The fraction of sp³-hybridized carbons (Fsp3) is 0.158. The van der Waals surface area contributed by atoms with E-state index < -0.39 is 11.9 Å². The van der Waals surface area contributed by atoms with E-state index in [9.17, 15) is 9.59 Å². The van der Waals surface area contributed by atoms with Crippen molar-refractivity contribution >= 4 is 11.9 Å². The molecule has 1 heterocycles. The lowest BCUT2D eigenvalue weighted by Crippen LogP contribution is -2.07. The summed E-state index contributed by atoms with van der Waals surface area (Å²) in [5, 5.41) is 8.07. The van der Waals surface area contributed by atoms with Crippen LogP contribution in [0.15, 0.2) is 48.7 Å². The lowest BCUT2D eigenvalue weighted by Gasteiger charge is -2.11. The minimum Gasteiger partial charge on any atom is -0.497 e. The molecule has 2 aromatic carbocycles. The molecule has 8 nitrogen and oxygen atoms in total. The topological polar surface area (TPSA) is 92.5 Å². The SMILES string of the molecule is COc1ccc(-c2cnnn2-c2cc(OC(C)=O)cc(OC(C)=O)c2)cc1. The number of carbonyl (C=O) groups is 2. The van der Waals surface area contributed by atoms with Gasteiger partial charge < -0.3 is 14.2 Å². The van der Waals surface area contributed by atoms with Crippen molar-refractivity contribution in [2.75, 3.05) is 7.11 Å². The Morgan fingerprint density at radius 3 is 2.00 bits per heavy atom. The summed E-state index contributed by atoms with van der Waals surface area (Å²) in [6.07, 6.45) is 1.60. The number of rotatable bonds is 5. The Labute approximate surface area is 155 Å². The second kappa shape index (κ2) is 7.69. The second-order valence-corrected chi connectivity index (χ2v) is 5.61. The molecule has 0 fully saturated rings. The number of aromatic nitrogens is 3. The van der Waals surface area contributed by atoms with Gasteiger partial charge in [-0.25, -0.2) is 4.68 Å². The van der Waals surface area contributed by atoms with Crippen molar-refractivity contribution < 1.29 is 23.8 Å². The molecular formula is C19H17N3O5. The van der Waals surface area contributed by atoms with E-state index in [1.165, 1.54) is 19.9 Å². The first-order valence-electron chi connectivity index (χ1n) is 8.03. The molecule has 27 heavy (non-hydrogen) atoms. The lowest BCUT2D eigenvalue weighted by atomic mass is 10.1. The van der Waals surface area contributed by atoms with Crippen LogP contribution in [0.3, 0.4) is 0 Å². The van der Waals surface area contributed by atoms with Gasteiger partial charge in [0.1, 0.15) is 17.2 Å². The Morgan fingerprint density at radius 1 is 0.889 bits per heavy atom. The van der Waals surface area contributed by atoms with Crippen LogP contribution in [-0.2, 0) is 9.59 Å². The average molecular weight is 367 g/mol. The number of nitrogens with zero attached hydrogens (tertiary/aromatic N) is 3. The van der Waals surface area contributed by atoms with Gasteiger partial charge in [-0.15, -0.1) is 5.10 Å².